The minimum Gasteiger partial charge on any atom is -0.489 e. The highest BCUT2D eigenvalue weighted by Crippen LogP contribution is 2.42. The van der Waals surface area contributed by atoms with Gasteiger partial charge >= 0.3 is 0 Å². The van der Waals surface area contributed by atoms with Gasteiger partial charge in [0.05, 0.1) is 11.1 Å². The molecule has 2 aromatic heterocycles. The number of fused-ring (bicyclic) bond motifs is 1. The van der Waals surface area contributed by atoms with Crippen LogP contribution in [0, 0.1) is 25.2 Å². The molecule has 2 heterocycles. The summed E-state index contributed by atoms with van der Waals surface area (Å²) in [5.41, 5.74) is 16.6. The molecule has 0 saturated heterocycles. The van der Waals surface area contributed by atoms with Gasteiger partial charge in [0.15, 0.2) is 17.0 Å². The van der Waals surface area contributed by atoms with Gasteiger partial charge < -0.3 is 16.2 Å². The summed E-state index contributed by atoms with van der Waals surface area (Å²) in [4.78, 5) is 16.4. The number of benzene rings is 2. The molecule has 4 N–H and O–H groups in total. The standard InChI is InChI=1S/C24H22N6O2/c1-13-9-10-17(32-12-15-7-5-4-6-8-15)14(2)18(13)20-19-16(11-25)29-30(3)24(19)28-22(21(20)26)23(27)31/h4-10H,12,26H2,1-3H3,(H2,27,31). The van der Waals surface area contributed by atoms with Crippen LogP contribution in [0.15, 0.2) is 42.5 Å². The molecule has 0 unspecified atom stereocenters. The number of rotatable bonds is 5. The molecule has 0 saturated carbocycles. The average molecular weight is 426 g/mol. The number of carbonyl (C=O) groups is 1. The molecule has 4 rings (SSSR count). The van der Waals surface area contributed by atoms with Gasteiger partial charge in [0.1, 0.15) is 18.4 Å². The van der Waals surface area contributed by atoms with Gasteiger partial charge in [0.25, 0.3) is 5.91 Å². The maximum Gasteiger partial charge on any atom is 0.269 e. The number of hydrogen-bond donors (Lipinski definition) is 2. The summed E-state index contributed by atoms with van der Waals surface area (Å²) in [5.74, 6) is -0.0843. The van der Waals surface area contributed by atoms with Crippen molar-refractivity contribution in [3.63, 3.8) is 0 Å². The summed E-state index contributed by atoms with van der Waals surface area (Å²) in [6.45, 7) is 4.25. The summed E-state index contributed by atoms with van der Waals surface area (Å²) in [7, 11) is 1.65. The lowest BCUT2D eigenvalue weighted by Gasteiger charge is -2.18. The van der Waals surface area contributed by atoms with E-state index in [0.29, 0.717) is 29.0 Å². The normalized spacial score (nSPS) is 10.8. The second-order valence-corrected chi connectivity index (χ2v) is 7.55. The predicted molar refractivity (Wildman–Crippen MR) is 122 cm³/mol. The molecule has 0 fully saturated rings. The van der Waals surface area contributed by atoms with E-state index in [0.717, 1.165) is 22.3 Å². The second kappa shape index (κ2) is 8.04. The predicted octanol–water partition coefficient (Wildman–Crippen LogP) is 3.38. The molecule has 0 aliphatic carbocycles. The maximum atomic E-state index is 12.1. The number of nitrogens with two attached hydrogens (primary N) is 2. The minimum atomic E-state index is -0.753. The van der Waals surface area contributed by atoms with Crippen LogP contribution in [-0.2, 0) is 13.7 Å². The Hall–Kier alpha value is -4.38. The van der Waals surface area contributed by atoms with Crippen molar-refractivity contribution in [1.29, 1.82) is 5.26 Å². The zero-order valence-electron chi connectivity index (χ0n) is 18.0. The van der Waals surface area contributed by atoms with E-state index in [9.17, 15) is 10.1 Å². The first kappa shape index (κ1) is 20.9. The van der Waals surface area contributed by atoms with Gasteiger partial charge in [-0.1, -0.05) is 36.4 Å². The van der Waals surface area contributed by atoms with Crippen LogP contribution in [0.4, 0.5) is 5.69 Å². The Morgan fingerprint density at radius 2 is 1.88 bits per heavy atom. The van der Waals surface area contributed by atoms with E-state index in [2.05, 4.69) is 16.2 Å². The molecule has 160 valence electrons. The number of nitriles is 1. The summed E-state index contributed by atoms with van der Waals surface area (Å²) in [6.07, 6.45) is 0. The van der Waals surface area contributed by atoms with Crippen LogP contribution in [0.2, 0.25) is 0 Å². The number of nitrogens with zero attached hydrogens (tertiary/aromatic N) is 4. The molecule has 32 heavy (non-hydrogen) atoms. The van der Waals surface area contributed by atoms with E-state index in [4.69, 9.17) is 16.2 Å². The quantitative estimate of drug-likeness (QED) is 0.503. The number of hydrogen-bond acceptors (Lipinski definition) is 6. The van der Waals surface area contributed by atoms with Gasteiger partial charge in [-0.05, 0) is 42.2 Å². The highest BCUT2D eigenvalue weighted by atomic mass is 16.5. The third kappa shape index (κ3) is 3.40. The van der Waals surface area contributed by atoms with Crippen molar-refractivity contribution in [2.24, 2.45) is 12.8 Å². The molecular weight excluding hydrogens is 404 g/mol. The van der Waals surface area contributed by atoms with Gasteiger partial charge in [-0.25, -0.2) is 9.67 Å². The lowest BCUT2D eigenvalue weighted by Crippen LogP contribution is -2.17. The van der Waals surface area contributed by atoms with Crippen LogP contribution in [0.3, 0.4) is 0 Å². The molecule has 8 heteroatoms. The molecule has 0 aliphatic rings. The number of aryl methyl sites for hydroxylation is 2. The zero-order chi connectivity index (χ0) is 23.0. The van der Waals surface area contributed by atoms with E-state index in [-0.39, 0.29) is 17.1 Å². The molecule has 1 amide bonds. The van der Waals surface area contributed by atoms with Crippen molar-refractivity contribution in [2.45, 2.75) is 20.5 Å². The molecule has 4 aromatic rings. The Morgan fingerprint density at radius 3 is 2.53 bits per heavy atom. The van der Waals surface area contributed by atoms with E-state index < -0.39 is 5.91 Å². The fourth-order valence-corrected chi connectivity index (χ4v) is 3.92. The van der Waals surface area contributed by atoms with Crippen molar-refractivity contribution in [1.82, 2.24) is 14.8 Å². The zero-order valence-corrected chi connectivity index (χ0v) is 18.0. The first-order valence-corrected chi connectivity index (χ1v) is 9.96. The number of aromatic nitrogens is 3. The van der Waals surface area contributed by atoms with Crippen LogP contribution in [0.5, 0.6) is 5.75 Å². The van der Waals surface area contributed by atoms with Crippen LogP contribution in [-0.4, -0.2) is 20.7 Å². The molecule has 2 aromatic carbocycles. The van der Waals surface area contributed by atoms with E-state index >= 15 is 0 Å². The van der Waals surface area contributed by atoms with Crippen molar-refractivity contribution in [2.75, 3.05) is 5.73 Å². The maximum absolute atomic E-state index is 12.1. The van der Waals surface area contributed by atoms with E-state index in [1.165, 1.54) is 4.68 Å². The molecular formula is C24H22N6O2. The van der Waals surface area contributed by atoms with E-state index in [1.807, 2.05) is 56.3 Å². The summed E-state index contributed by atoms with van der Waals surface area (Å²) >= 11 is 0. The molecule has 0 atom stereocenters. The van der Waals surface area contributed by atoms with Gasteiger partial charge in [0.2, 0.25) is 0 Å². The summed E-state index contributed by atoms with van der Waals surface area (Å²) < 4.78 is 7.55. The van der Waals surface area contributed by atoms with Crippen molar-refractivity contribution in [3.05, 3.63) is 70.5 Å². The Morgan fingerprint density at radius 1 is 1.16 bits per heavy atom. The van der Waals surface area contributed by atoms with Crippen molar-refractivity contribution < 1.29 is 9.53 Å². The smallest absolute Gasteiger partial charge is 0.269 e. The fourth-order valence-electron chi connectivity index (χ4n) is 3.92. The second-order valence-electron chi connectivity index (χ2n) is 7.55. The van der Waals surface area contributed by atoms with Crippen LogP contribution in [0.1, 0.15) is 32.9 Å². The summed E-state index contributed by atoms with van der Waals surface area (Å²) in [6, 6.07) is 15.8. The third-order valence-corrected chi connectivity index (χ3v) is 5.46. The fraction of sp³-hybridized carbons (Fsp3) is 0.167. The van der Waals surface area contributed by atoms with Crippen LogP contribution < -0.4 is 16.2 Å². The van der Waals surface area contributed by atoms with Gasteiger partial charge in [0, 0.05) is 12.6 Å². The number of carbonyl (C=O) groups excluding carboxylic acids is 1. The SMILES string of the molecule is Cc1ccc(OCc2ccccc2)c(C)c1-c1c(N)c(C(N)=O)nc2c1c(C#N)nn2C. The Balaban J connectivity index is 1.97. The number of nitrogen functional groups attached to an aromatic ring is 1. The largest absolute Gasteiger partial charge is 0.489 e. The van der Waals surface area contributed by atoms with Crippen molar-refractivity contribution in [3.8, 4) is 22.9 Å². The van der Waals surface area contributed by atoms with E-state index in [1.54, 1.807) is 7.05 Å². The number of amides is 1. The number of pyridine rings is 1. The average Bonchev–Trinajstić information content (AvgIpc) is 3.10. The minimum absolute atomic E-state index is 0.0607. The lowest BCUT2D eigenvalue weighted by atomic mass is 9.91. The third-order valence-electron chi connectivity index (χ3n) is 5.46. The highest BCUT2D eigenvalue weighted by Gasteiger charge is 2.26. The van der Waals surface area contributed by atoms with Gasteiger partial charge in [-0.2, -0.15) is 10.4 Å². The van der Waals surface area contributed by atoms with Crippen LogP contribution in [0.25, 0.3) is 22.2 Å². The lowest BCUT2D eigenvalue weighted by molar-refractivity contribution is 0.0997. The first-order valence-electron chi connectivity index (χ1n) is 9.96. The Labute approximate surface area is 185 Å². The number of anilines is 1. The molecule has 8 nitrogen and oxygen atoms in total. The first-order chi connectivity index (χ1) is 15.3. The number of ether oxygens (including phenoxy) is 1. The summed E-state index contributed by atoms with van der Waals surface area (Å²) in [5, 5.41) is 14.4. The molecule has 0 aliphatic heterocycles. The molecule has 0 spiro atoms. The Bertz CT molecular complexity index is 1400. The monoisotopic (exact) mass is 426 g/mol. The van der Waals surface area contributed by atoms with Gasteiger partial charge in [-0.15, -0.1) is 0 Å². The molecule has 0 radical (unpaired) electrons. The highest BCUT2D eigenvalue weighted by molar-refractivity contribution is 6.10. The van der Waals surface area contributed by atoms with Gasteiger partial charge in [-0.3, -0.25) is 4.79 Å². The molecule has 0 bridgehead atoms. The Kier molecular flexibility index (Phi) is 5.24. The topological polar surface area (TPSA) is 133 Å². The van der Waals surface area contributed by atoms with Crippen molar-refractivity contribution >= 4 is 22.6 Å². The van der Waals surface area contributed by atoms with Crippen LogP contribution >= 0.6 is 0 Å². The number of primary amides is 1.